The lowest BCUT2D eigenvalue weighted by atomic mass is 9.96. The maximum absolute atomic E-state index is 12.1. The molecule has 3 rings (SSSR count). The first-order chi connectivity index (χ1) is 10.0. The lowest BCUT2D eigenvalue weighted by molar-refractivity contribution is 0.0939. The van der Waals surface area contributed by atoms with Gasteiger partial charge in [0, 0.05) is 11.5 Å². The normalized spacial score (nSPS) is 12.7. The van der Waals surface area contributed by atoms with Crippen molar-refractivity contribution >= 4 is 5.78 Å². The molecule has 0 aromatic heterocycles. The fourth-order valence-electron chi connectivity index (χ4n) is 2.33. The van der Waals surface area contributed by atoms with Crippen LogP contribution >= 0.6 is 0 Å². The molecule has 0 spiro atoms. The summed E-state index contributed by atoms with van der Waals surface area (Å²) in [5.41, 5.74) is 2.16. The Hall–Kier alpha value is -2.49. The highest BCUT2D eigenvalue weighted by atomic mass is 16.7. The van der Waals surface area contributed by atoms with Crippen molar-refractivity contribution in [1.29, 1.82) is 0 Å². The van der Waals surface area contributed by atoms with Gasteiger partial charge in [-0.1, -0.05) is 19.9 Å². The Morgan fingerprint density at radius 2 is 1.81 bits per heavy atom. The SMILES string of the molecule is CC(C)C(=O)c1cc(O)cc(-c2ccc3c(c2)OCO3)c1. The van der Waals surface area contributed by atoms with E-state index in [-0.39, 0.29) is 24.2 Å². The van der Waals surface area contributed by atoms with Crippen LogP contribution in [0.25, 0.3) is 11.1 Å². The zero-order valence-corrected chi connectivity index (χ0v) is 11.9. The van der Waals surface area contributed by atoms with Gasteiger partial charge < -0.3 is 14.6 Å². The van der Waals surface area contributed by atoms with Crippen molar-refractivity contribution in [1.82, 2.24) is 0 Å². The second-order valence-corrected chi connectivity index (χ2v) is 5.36. The largest absolute Gasteiger partial charge is 0.508 e. The highest BCUT2D eigenvalue weighted by Crippen LogP contribution is 2.37. The Morgan fingerprint density at radius 3 is 2.57 bits per heavy atom. The summed E-state index contributed by atoms with van der Waals surface area (Å²) >= 11 is 0. The summed E-state index contributed by atoms with van der Waals surface area (Å²) in [6.07, 6.45) is 0. The van der Waals surface area contributed by atoms with Gasteiger partial charge in [-0.2, -0.15) is 0 Å². The van der Waals surface area contributed by atoms with Gasteiger partial charge in [0.15, 0.2) is 17.3 Å². The number of Topliss-reactive ketones (excluding diaryl/α,β-unsaturated/α-hetero) is 1. The third-order valence-corrected chi connectivity index (χ3v) is 3.43. The van der Waals surface area contributed by atoms with Crippen molar-refractivity contribution in [3.05, 3.63) is 42.0 Å². The van der Waals surface area contributed by atoms with E-state index in [2.05, 4.69) is 0 Å². The van der Waals surface area contributed by atoms with Crippen molar-refractivity contribution in [2.75, 3.05) is 6.79 Å². The van der Waals surface area contributed by atoms with E-state index in [0.717, 1.165) is 11.1 Å². The fourth-order valence-corrected chi connectivity index (χ4v) is 2.33. The molecule has 4 heteroatoms. The Bertz CT molecular complexity index is 704. The molecule has 0 amide bonds. The predicted molar refractivity (Wildman–Crippen MR) is 78.8 cm³/mol. The molecule has 1 aliphatic rings. The Kier molecular flexibility index (Phi) is 3.29. The van der Waals surface area contributed by atoms with Crippen molar-refractivity contribution in [3.63, 3.8) is 0 Å². The third-order valence-electron chi connectivity index (χ3n) is 3.43. The third kappa shape index (κ3) is 2.57. The van der Waals surface area contributed by atoms with Crippen molar-refractivity contribution < 1.29 is 19.4 Å². The first kappa shape index (κ1) is 13.5. The van der Waals surface area contributed by atoms with E-state index in [0.29, 0.717) is 17.1 Å². The maximum atomic E-state index is 12.1. The number of carbonyl (C=O) groups is 1. The van der Waals surface area contributed by atoms with Gasteiger partial charge in [0.05, 0.1) is 0 Å². The minimum Gasteiger partial charge on any atom is -0.508 e. The van der Waals surface area contributed by atoms with E-state index < -0.39 is 0 Å². The van der Waals surface area contributed by atoms with E-state index in [9.17, 15) is 9.90 Å². The van der Waals surface area contributed by atoms with E-state index in [1.54, 1.807) is 12.1 Å². The van der Waals surface area contributed by atoms with Gasteiger partial charge in [-0.25, -0.2) is 0 Å². The highest BCUT2D eigenvalue weighted by Gasteiger charge is 2.16. The van der Waals surface area contributed by atoms with Gasteiger partial charge in [0.1, 0.15) is 5.75 Å². The monoisotopic (exact) mass is 284 g/mol. The van der Waals surface area contributed by atoms with E-state index in [1.165, 1.54) is 6.07 Å². The predicted octanol–water partition coefficient (Wildman–Crippen LogP) is 3.63. The number of phenols is 1. The van der Waals surface area contributed by atoms with Crippen LogP contribution in [0.4, 0.5) is 0 Å². The number of phenolic OH excluding ortho intramolecular Hbond substituents is 1. The second-order valence-electron chi connectivity index (χ2n) is 5.36. The molecule has 21 heavy (non-hydrogen) atoms. The summed E-state index contributed by atoms with van der Waals surface area (Å²) in [4.78, 5) is 12.1. The number of carbonyl (C=O) groups excluding carboxylic acids is 1. The molecule has 1 N–H and O–H groups in total. The molecule has 1 heterocycles. The number of ketones is 1. The van der Waals surface area contributed by atoms with Crippen LogP contribution in [0, 0.1) is 5.92 Å². The number of hydrogen-bond donors (Lipinski definition) is 1. The topological polar surface area (TPSA) is 55.8 Å². The summed E-state index contributed by atoms with van der Waals surface area (Å²) in [5, 5.41) is 9.87. The first-order valence-electron chi connectivity index (χ1n) is 6.83. The summed E-state index contributed by atoms with van der Waals surface area (Å²) in [6, 6.07) is 10.5. The summed E-state index contributed by atoms with van der Waals surface area (Å²) < 4.78 is 10.6. The Morgan fingerprint density at radius 1 is 1.05 bits per heavy atom. The van der Waals surface area contributed by atoms with Crippen LogP contribution in [0.2, 0.25) is 0 Å². The summed E-state index contributed by atoms with van der Waals surface area (Å²) in [5.74, 6) is 1.35. The first-order valence-corrected chi connectivity index (χ1v) is 6.83. The Balaban J connectivity index is 2.04. The zero-order valence-electron chi connectivity index (χ0n) is 11.9. The van der Waals surface area contributed by atoms with E-state index in [1.807, 2.05) is 32.0 Å². The molecular formula is C17H16O4. The van der Waals surface area contributed by atoms with Gasteiger partial charge in [0.25, 0.3) is 0 Å². The highest BCUT2D eigenvalue weighted by molar-refractivity contribution is 5.99. The number of aromatic hydroxyl groups is 1. The molecule has 0 bridgehead atoms. The fraction of sp³-hybridized carbons (Fsp3) is 0.235. The van der Waals surface area contributed by atoms with Crippen LogP contribution in [0.15, 0.2) is 36.4 Å². The number of rotatable bonds is 3. The van der Waals surface area contributed by atoms with E-state index in [4.69, 9.17) is 9.47 Å². The number of benzene rings is 2. The molecule has 0 aliphatic carbocycles. The lowest BCUT2D eigenvalue weighted by Crippen LogP contribution is -2.07. The molecule has 2 aromatic rings. The van der Waals surface area contributed by atoms with Crippen LogP contribution in [-0.2, 0) is 0 Å². The molecule has 2 aromatic carbocycles. The van der Waals surface area contributed by atoms with Gasteiger partial charge in [-0.15, -0.1) is 0 Å². The van der Waals surface area contributed by atoms with Crippen LogP contribution in [0.1, 0.15) is 24.2 Å². The van der Waals surface area contributed by atoms with Gasteiger partial charge in [-0.3, -0.25) is 4.79 Å². The molecule has 108 valence electrons. The average molecular weight is 284 g/mol. The lowest BCUT2D eigenvalue weighted by Gasteiger charge is -2.09. The van der Waals surface area contributed by atoms with Crippen LogP contribution < -0.4 is 9.47 Å². The number of ether oxygens (including phenoxy) is 2. The standard InChI is InChI=1S/C17H16O4/c1-10(2)17(19)13-5-12(6-14(18)7-13)11-3-4-15-16(8-11)21-9-20-15/h3-8,10,18H,9H2,1-2H3. The zero-order chi connectivity index (χ0) is 15.0. The molecule has 0 saturated heterocycles. The number of hydrogen-bond acceptors (Lipinski definition) is 4. The molecule has 0 saturated carbocycles. The minimum atomic E-state index is -0.114. The number of fused-ring (bicyclic) bond motifs is 1. The summed E-state index contributed by atoms with van der Waals surface area (Å²) in [7, 11) is 0. The second kappa shape index (κ2) is 5.13. The van der Waals surface area contributed by atoms with Crippen LogP contribution in [-0.4, -0.2) is 17.7 Å². The molecule has 0 atom stereocenters. The van der Waals surface area contributed by atoms with E-state index >= 15 is 0 Å². The van der Waals surface area contributed by atoms with Gasteiger partial charge in [-0.05, 0) is 41.5 Å². The molecule has 4 nitrogen and oxygen atoms in total. The quantitative estimate of drug-likeness (QED) is 0.874. The smallest absolute Gasteiger partial charge is 0.231 e. The molecule has 1 aliphatic heterocycles. The average Bonchev–Trinajstić information content (AvgIpc) is 2.93. The van der Waals surface area contributed by atoms with Crippen molar-refractivity contribution in [3.8, 4) is 28.4 Å². The molecule has 0 radical (unpaired) electrons. The summed E-state index contributed by atoms with van der Waals surface area (Å²) in [6.45, 7) is 3.90. The van der Waals surface area contributed by atoms with Crippen LogP contribution in [0.3, 0.4) is 0 Å². The van der Waals surface area contributed by atoms with Gasteiger partial charge >= 0.3 is 0 Å². The molecular weight excluding hydrogens is 268 g/mol. The van der Waals surface area contributed by atoms with Crippen LogP contribution in [0.5, 0.6) is 17.2 Å². The maximum Gasteiger partial charge on any atom is 0.231 e. The minimum absolute atomic E-state index is 0.00731. The molecule has 0 fully saturated rings. The van der Waals surface area contributed by atoms with Crippen molar-refractivity contribution in [2.45, 2.75) is 13.8 Å². The van der Waals surface area contributed by atoms with Gasteiger partial charge in [0.2, 0.25) is 6.79 Å². The Labute approximate surface area is 122 Å². The van der Waals surface area contributed by atoms with Crippen molar-refractivity contribution in [2.24, 2.45) is 5.92 Å². The molecule has 0 unspecified atom stereocenters.